The van der Waals surface area contributed by atoms with Crippen LogP contribution in [0.25, 0.3) is 11.0 Å². The van der Waals surface area contributed by atoms with Gasteiger partial charge in [0, 0.05) is 31.7 Å². The monoisotopic (exact) mass is 291 g/mol. The summed E-state index contributed by atoms with van der Waals surface area (Å²) >= 11 is 0. The number of hydrogen-bond donors (Lipinski definition) is 0. The van der Waals surface area contributed by atoms with Crippen molar-refractivity contribution >= 4 is 16.9 Å². The van der Waals surface area contributed by atoms with Crippen LogP contribution in [0.2, 0.25) is 0 Å². The summed E-state index contributed by atoms with van der Waals surface area (Å²) in [6, 6.07) is 5.51. The van der Waals surface area contributed by atoms with Crippen LogP contribution in [0.1, 0.15) is 23.0 Å². The summed E-state index contributed by atoms with van der Waals surface area (Å²) < 4.78 is 16.1. The predicted molar refractivity (Wildman–Crippen MR) is 80.9 cm³/mol. The quantitative estimate of drug-likeness (QED) is 0.850. The highest BCUT2D eigenvalue weighted by molar-refractivity contribution is 5.99. The molecule has 0 N–H and O–H groups in total. The van der Waals surface area contributed by atoms with Crippen molar-refractivity contribution in [1.29, 1.82) is 0 Å². The third kappa shape index (κ3) is 3.03. The van der Waals surface area contributed by atoms with Crippen molar-refractivity contribution in [2.75, 3.05) is 27.8 Å². The van der Waals surface area contributed by atoms with Gasteiger partial charge < -0.3 is 18.8 Å². The Bertz CT molecular complexity index is 647. The molecule has 114 valence electrons. The molecule has 0 saturated carbocycles. The number of methoxy groups -OCH3 is 2. The molecule has 0 aliphatic heterocycles. The molecule has 1 heterocycles. The number of likely N-dealkylation sites (N-methyl/N-ethyl adjacent to an activating group) is 1. The zero-order valence-corrected chi connectivity index (χ0v) is 13.1. The highest BCUT2D eigenvalue weighted by Gasteiger charge is 2.22. The zero-order chi connectivity index (χ0) is 15.6. The number of carbonyl (C=O) groups excluding carboxylic acids is 1. The second-order valence-electron chi connectivity index (χ2n) is 5.15. The van der Waals surface area contributed by atoms with Gasteiger partial charge in [-0.05, 0) is 32.0 Å². The van der Waals surface area contributed by atoms with E-state index in [4.69, 9.17) is 13.9 Å². The first-order valence-electron chi connectivity index (χ1n) is 6.83. The van der Waals surface area contributed by atoms with Crippen LogP contribution < -0.4 is 4.74 Å². The largest absolute Gasteiger partial charge is 0.497 e. The molecule has 0 saturated heterocycles. The summed E-state index contributed by atoms with van der Waals surface area (Å²) in [5, 5.41) is 0.894. The number of aryl methyl sites for hydroxylation is 1. The van der Waals surface area contributed by atoms with Crippen molar-refractivity contribution in [3.63, 3.8) is 0 Å². The molecule has 2 aromatic rings. The average molecular weight is 291 g/mol. The maximum atomic E-state index is 12.5. The summed E-state index contributed by atoms with van der Waals surface area (Å²) in [4.78, 5) is 14.1. The SMILES string of the molecule is COc1ccc2oc(C(=O)N(C)C[C@H](C)OC)c(C)c2c1. The van der Waals surface area contributed by atoms with Crippen LogP contribution in [0, 0.1) is 6.92 Å². The first-order valence-corrected chi connectivity index (χ1v) is 6.83. The van der Waals surface area contributed by atoms with E-state index < -0.39 is 0 Å². The van der Waals surface area contributed by atoms with Gasteiger partial charge in [0.05, 0.1) is 13.2 Å². The molecular formula is C16H21NO4. The molecular weight excluding hydrogens is 270 g/mol. The number of carbonyl (C=O) groups is 1. The van der Waals surface area contributed by atoms with Crippen molar-refractivity contribution in [2.24, 2.45) is 0 Å². The maximum Gasteiger partial charge on any atom is 0.289 e. The highest BCUT2D eigenvalue weighted by atomic mass is 16.5. The molecule has 1 atom stereocenters. The number of amides is 1. The van der Waals surface area contributed by atoms with Crippen molar-refractivity contribution in [3.8, 4) is 5.75 Å². The molecule has 0 bridgehead atoms. The van der Waals surface area contributed by atoms with Gasteiger partial charge in [-0.25, -0.2) is 0 Å². The third-order valence-corrected chi connectivity index (χ3v) is 3.62. The molecule has 1 aromatic carbocycles. The second kappa shape index (κ2) is 6.18. The number of benzene rings is 1. The molecule has 0 aliphatic rings. The Morgan fingerprint density at radius 3 is 2.71 bits per heavy atom. The van der Waals surface area contributed by atoms with Crippen LogP contribution in [0.3, 0.4) is 0 Å². The average Bonchev–Trinajstić information content (AvgIpc) is 2.82. The number of hydrogen-bond acceptors (Lipinski definition) is 4. The van der Waals surface area contributed by atoms with Gasteiger partial charge in [0.2, 0.25) is 0 Å². The van der Waals surface area contributed by atoms with Gasteiger partial charge >= 0.3 is 0 Å². The zero-order valence-electron chi connectivity index (χ0n) is 13.1. The lowest BCUT2D eigenvalue weighted by atomic mass is 10.1. The maximum absolute atomic E-state index is 12.5. The van der Waals surface area contributed by atoms with E-state index in [0.29, 0.717) is 17.9 Å². The van der Waals surface area contributed by atoms with E-state index in [-0.39, 0.29) is 12.0 Å². The van der Waals surface area contributed by atoms with E-state index >= 15 is 0 Å². The van der Waals surface area contributed by atoms with Gasteiger partial charge in [0.1, 0.15) is 11.3 Å². The van der Waals surface area contributed by atoms with E-state index in [9.17, 15) is 4.79 Å². The number of ether oxygens (including phenoxy) is 2. The fraction of sp³-hybridized carbons (Fsp3) is 0.438. The van der Waals surface area contributed by atoms with Crippen molar-refractivity contribution in [2.45, 2.75) is 20.0 Å². The minimum Gasteiger partial charge on any atom is -0.497 e. The number of fused-ring (bicyclic) bond motifs is 1. The Balaban J connectivity index is 2.33. The van der Waals surface area contributed by atoms with Gasteiger partial charge in [-0.1, -0.05) is 0 Å². The normalized spacial score (nSPS) is 12.4. The third-order valence-electron chi connectivity index (χ3n) is 3.62. The van der Waals surface area contributed by atoms with Gasteiger partial charge in [0.15, 0.2) is 5.76 Å². The first-order chi connectivity index (χ1) is 9.97. The first kappa shape index (κ1) is 15.4. The van der Waals surface area contributed by atoms with E-state index in [1.54, 1.807) is 26.2 Å². The summed E-state index contributed by atoms with van der Waals surface area (Å²) in [5.74, 6) is 0.961. The molecule has 5 nitrogen and oxygen atoms in total. The van der Waals surface area contributed by atoms with E-state index in [2.05, 4.69) is 0 Å². The Kier molecular flexibility index (Phi) is 4.53. The minimum absolute atomic E-state index is 0.0243. The molecule has 0 aliphatic carbocycles. The minimum atomic E-state index is -0.147. The lowest BCUT2D eigenvalue weighted by Crippen LogP contribution is -2.33. The topological polar surface area (TPSA) is 51.9 Å². The Morgan fingerprint density at radius 2 is 2.10 bits per heavy atom. The lowest BCUT2D eigenvalue weighted by Gasteiger charge is -2.19. The van der Waals surface area contributed by atoms with Crippen molar-refractivity contribution in [1.82, 2.24) is 4.90 Å². The predicted octanol–water partition coefficient (Wildman–Crippen LogP) is 2.86. The summed E-state index contributed by atoms with van der Waals surface area (Å²) in [5.41, 5.74) is 1.51. The molecule has 1 aromatic heterocycles. The van der Waals surface area contributed by atoms with Gasteiger partial charge in [-0.2, -0.15) is 0 Å². The van der Waals surface area contributed by atoms with Crippen LogP contribution in [-0.2, 0) is 4.74 Å². The number of rotatable bonds is 5. The van der Waals surface area contributed by atoms with Crippen LogP contribution in [0.15, 0.2) is 22.6 Å². The van der Waals surface area contributed by atoms with Gasteiger partial charge in [0.25, 0.3) is 5.91 Å². The van der Waals surface area contributed by atoms with Crippen LogP contribution in [0.5, 0.6) is 5.75 Å². The van der Waals surface area contributed by atoms with Crippen molar-refractivity contribution < 1.29 is 18.7 Å². The smallest absolute Gasteiger partial charge is 0.289 e. The molecule has 21 heavy (non-hydrogen) atoms. The van der Waals surface area contributed by atoms with Crippen LogP contribution >= 0.6 is 0 Å². The van der Waals surface area contributed by atoms with Crippen LogP contribution in [-0.4, -0.2) is 44.7 Å². The summed E-state index contributed by atoms with van der Waals surface area (Å²) in [6.45, 7) is 4.31. The second-order valence-corrected chi connectivity index (χ2v) is 5.15. The Labute approximate surface area is 124 Å². The highest BCUT2D eigenvalue weighted by Crippen LogP contribution is 2.29. The molecule has 0 fully saturated rings. The van der Waals surface area contributed by atoms with E-state index in [0.717, 1.165) is 16.7 Å². The molecule has 1 amide bonds. The number of nitrogens with zero attached hydrogens (tertiary/aromatic N) is 1. The van der Waals surface area contributed by atoms with E-state index in [1.165, 1.54) is 0 Å². The standard InChI is InChI=1S/C16H21NO4/c1-10(19-4)9-17(3)16(18)15-11(2)13-8-12(20-5)6-7-14(13)21-15/h6-8,10H,9H2,1-5H3/t10-/m0/s1. The molecule has 0 radical (unpaired) electrons. The Hall–Kier alpha value is -2.01. The fourth-order valence-electron chi connectivity index (χ4n) is 2.25. The molecule has 0 unspecified atom stereocenters. The molecule has 2 rings (SSSR count). The summed E-state index contributed by atoms with van der Waals surface area (Å²) in [7, 11) is 4.98. The number of furan rings is 1. The Morgan fingerprint density at radius 1 is 1.38 bits per heavy atom. The van der Waals surface area contributed by atoms with Gasteiger partial charge in [-0.15, -0.1) is 0 Å². The fourth-order valence-corrected chi connectivity index (χ4v) is 2.25. The van der Waals surface area contributed by atoms with Gasteiger partial charge in [-0.3, -0.25) is 4.79 Å². The molecule has 5 heteroatoms. The molecule has 0 spiro atoms. The lowest BCUT2D eigenvalue weighted by molar-refractivity contribution is 0.0576. The van der Waals surface area contributed by atoms with Crippen molar-refractivity contribution in [3.05, 3.63) is 29.5 Å². The van der Waals surface area contributed by atoms with Crippen LogP contribution in [0.4, 0.5) is 0 Å². The summed E-state index contributed by atoms with van der Waals surface area (Å²) in [6.07, 6.45) is -0.0243. The van der Waals surface area contributed by atoms with E-state index in [1.807, 2.05) is 32.0 Å².